The van der Waals surface area contributed by atoms with Crippen LogP contribution in [0.2, 0.25) is 0 Å². The van der Waals surface area contributed by atoms with Crippen molar-refractivity contribution in [2.24, 2.45) is 5.92 Å². The average Bonchev–Trinajstić information content (AvgIpc) is 3.10. The van der Waals surface area contributed by atoms with Gasteiger partial charge < -0.3 is 5.11 Å². The Labute approximate surface area is 111 Å². The van der Waals surface area contributed by atoms with Crippen LogP contribution in [0.4, 0.5) is 0 Å². The van der Waals surface area contributed by atoms with E-state index < -0.39 is 6.10 Å². The number of para-hydroxylation sites is 1. The Kier molecular flexibility index (Phi) is 3.39. The number of rotatable bonds is 3. The van der Waals surface area contributed by atoms with Gasteiger partial charge in [-0.1, -0.05) is 18.2 Å². The smallest absolute Gasteiger partial charge is 0.0997 e. The first-order chi connectivity index (χ1) is 8.86. The highest BCUT2D eigenvalue weighted by Crippen LogP contribution is 2.34. The summed E-state index contributed by atoms with van der Waals surface area (Å²) in [5, 5.41) is 14.8. The summed E-state index contributed by atoms with van der Waals surface area (Å²) >= 11 is 1.92. The number of nitrogens with zero attached hydrogens (tertiary/aromatic N) is 2. The van der Waals surface area contributed by atoms with Crippen molar-refractivity contribution >= 4 is 11.8 Å². The highest BCUT2D eigenvalue weighted by atomic mass is 32.2. The van der Waals surface area contributed by atoms with Crippen molar-refractivity contribution < 1.29 is 5.11 Å². The minimum absolute atomic E-state index is 0.356. The molecule has 1 fully saturated rings. The molecule has 0 bridgehead atoms. The molecule has 1 aliphatic rings. The van der Waals surface area contributed by atoms with Gasteiger partial charge in [-0.05, 0) is 36.1 Å². The summed E-state index contributed by atoms with van der Waals surface area (Å²) in [7, 11) is 0. The van der Waals surface area contributed by atoms with Gasteiger partial charge in [0.15, 0.2) is 0 Å². The zero-order chi connectivity index (χ0) is 12.4. The molecule has 1 aliphatic heterocycles. The van der Waals surface area contributed by atoms with E-state index in [0.717, 1.165) is 29.3 Å². The first-order valence-corrected chi connectivity index (χ1v) is 7.37. The Balaban J connectivity index is 1.91. The predicted molar refractivity (Wildman–Crippen MR) is 74.0 cm³/mol. The van der Waals surface area contributed by atoms with Gasteiger partial charge in [-0.25, -0.2) is 4.68 Å². The van der Waals surface area contributed by atoms with Gasteiger partial charge in [0.1, 0.15) is 0 Å². The van der Waals surface area contributed by atoms with Gasteiger partial charge in [-0.15, -0.1) is 0 Å². The average molecular weight is 260 g/mol. The van der Waals surface area contributed by atoms with Crippen LogP contribution in [0.1, 0.15) is 18.2 Å². The second kappa shape index (κ2) is 5.16. The van der Waals surface area contributed by atoms with Crippen molar-refractivity contribution in [2.45, 2.75) is 12.5 Å². The Bertz CT molecular complexity index is 506. The SMILES string of the molecule is OC(c1ccnn1-c1ccccc1)C1CCSC1. The van der Waals surface area contributed by atoms with E-state index >= 15 is 0 Å². The normalized spacial score (nSPS) is 21.1. The van der Waals surface area contributed by atoms with E-state index in [0.29, 0.717) is 5.92 Å². The number of benzene rings is 1. The largest absolute Gasteiger partial charge is 0.386 e. The standard InChI is InChI=1S/C14H16N2OS/c17-14(11-7-9-18-10-11)13-6-8-15-16(13)12-4-2-1-3-5-12/h1-6,8,11,14,17H,7,9-10H2. The highest BCUT2D eigenvalue weighted by Gasteiger charge is 2.27. The van der Waals surface area contributed by atoms with Crippen molar-refractivity contribution in [3.05, 3.63) is 48.3 Å². The molecule has 0 aliphatic carbocycles. The van der Waals surface area contributed by atoms with Crippen LogP contribution in [0.5, 0.6) is 0 Å². The van der Waals surface area contributed by atoms with Crippen LogP contribution in [0.25, 0.3) is 5.69 Å². The Morgan fingerprint density at radius 1 is 1.28 bits per heavy atom. The molecule has 3 rings (SSSR count). The zero-order valence-electron chi connectivity index (χ0n) is 10.1. The summed E-state index contributed by atoms with van der Waals surface area (Å²) < 4.78 is 1.84. The monoisotopic (exact) mass is 260 g/mol. The van der Waals surface area contributed by atoms with Gasteiger partial charge in [0.05, 0.1) is 17.5 Å². The zero-order valence-corrected chi connectivity index (χ0v) is 10.9. The third-order valence-corrected chi connectivity index (χ3v) is 4.58. The molecule has 2 heterocycles. The maximum Gasteiger partial charge on any atom is 0.0997 e. The molecule has 3 nitrogen and oxygen atoms in total. The maximum atomic E-state index is 10.5. The van der Waals surface area contributed by atoms with Crippen molar-refractivity contribution in [3.8, 4) is 5.69 Å². The lowest BCUT2D eigenvalue weighted by Gasteiger charge is -2.18. The highest BCUT2D eigenvalue weighted by molar-refractivity contribution is 7.99. The van der Waals surface area contributed by atoms with Crippen LogP contribution < -0.4 is 0 Å². The van der Waals surface area contributed by atoms with Crippen LogP contribution in [0.15, 0.2) is 42.6 Å². The number of hydrogen-bond donors (Lipinski definition) is 1. The number of aliphatic hydroxyl groups excluding tert-OH is 1. The van der Waals surface area contributed by atoms with Gasteiger partial charge in [-0.2, -0.15) is 16.9 Å². The fourth-order valence-electron chi connectivity index (χ4n) is 2.37. The van der Waals surface area contributed by atoms with E-state index in [1.807, 2.05) is 52.8 Å². The van der Waals surface area contributed by atoms with Crippen molar-refractivity contribution in [1.82, 2.24) is 9.78 Å². The molecular weight excluding hydrogens is 244 g/mol. The predicted octanol–water partition coefficient (Wildman–Crippen LogP) is 2.66. The lowest BCUT2D eigenvalue weighted by Crippen LogP contribution is -2.16. The van der Waals surface area contributed by atoms with Gasteiger partial charge in [0.25, 0.3) is 0 Å². The summed E-state index contributed by atoms with van der Waals surface area (Å²) in [6.45, 7) is 0. The van der Waals surface area contributed by atoms with E-state index in [1.165, 1.54) is 0 Å². The summed E-state index contributed by atoms with van der Waals surface area (Å²) in [5.74, 6) is 2.55. The van der Waals surface area contributed by atoms with E-state index in [1.54, 1.807) is 6.20 Å². The Morgan fingerprint density at radius 3 is 2.83 bits per heavy atom. The summed E-state index contributed by atoms with van der Waals surface area (Å²) in [6, 6.07) is 11.9. The van der Waals surface area contributed by atoms with Crippen molar-refractivity contribution in [1.29, 1.82) is 0 Å². The fraction of sp³-hybridized carbons (Fsp3) is 0.357. The number of thioether (sulfide) groups is 1. The third kappa shape index (κ3) is 2.18. The summed E-state index contributed by atoms with van der Waals surface area (Å²) in [5.41, 5.74) is 1.90. The van der Waals surface area contributed by atoms with E-state index in [2.05, 4.69) is 5.10 Å². The van der Waals surface area contributed by atoms with E-state index in [4.69, 9.17) is 0 Å². The molecule has 4 heteroatoms. The number of hydrogen-bond acceptors (Lipinski definition) is 3. The quantitative estimate of drug-likeness (QED) is 0.922. The Morgan fingerprint density at radius 2 is 2.11 bits per heavy atom. The molecule has 1 aromatic carbocycles. The second-order valence-corrected chi connectivity index (χ2v) is 5.72. The second-order valence-electron chi connectivity index (χ2n) is 4.57. The van der Waals surface area contributed by atoms with Crippen molar-refractivity contribution in [3.63, 3.8) is 0 Å². The lowest BCUT2D eigenvalue weighted by atomic mass is 9.99. The molecule has 0 spiro atoms. The summed E-state index contributed by atoms with van der Waals surface area (Å²) in [4.78, 5) is 0. The molecule has 2 unspecified atom stereocenters. The van der Waals surface area contributed by atoms with Crippen LogP contribution in [-0.4, -0.2) is 26.4 Å². The Hall–Kier alpha value is -1.26. The lowest BCUT2D eigenvalue weighted by molar-refractivity contribution is 0.114. The van der Waals surface area contributed by atoms with Crippen LogP contribution in [0.3, 0.4) is 0 Å². The molecule has 94 valence electrons. The van der Waals surface area contributed by atoms with Gasteiger partial charge in [0.2, 0.25) is 0 Å². The van der Waals surface area contributed by atoms with Crippen LogP contribution in [-0.2, 0) is 0 Å². The number of aliphatic hydroxyl groups is 1. The molecular formula is C14H16N2OS. The third-order valence-electron chi connectivity index (χ3n) is 3.39. The minimum atomic E-state index is -0.414. The topological polar surface area (TPSA) is 38.1 Å². The summed E-state index contributed by atoms with van der Waals surface area (Å²) in [6.07, 6.45) is 2.43. The van der Waals surface area contributed by atoms with Gasteiger partial charge in [-0.3, -0.25) is 0 Å². The number of aromatic nitrogens is 2. The molecule has 0 saturated carbocycles. The molecule has 18 heavy (non-hydrogen) atoms. The first kappa shape index (κ1) is 11.8. The van der Waals surface area contributed by atoms with Crippen molar-refractivity contribution in [2.75, 3.05) is 11.5 Å². The molecule has 0 radical (unpaired) electrons. The molecule has 2 aromatic rings. The molecule has 1 N–H and O–H groups in total. The minimum Gasteiger partial charge on any atom is -0.386 e. The fourth-order valence-corrected chi connectivity index (χ4v) is 3.65. The molecule has 2 atom stereocenters. The van der Waals surface area contributed by atoms with E-state index in [9.17, 15) is 5.11 Å². The molecule has 0 amide bonds. The van der Waals surface area contributed by atoms with Crippen LogP contribution >= 0.6 is 11.8 Å². The maximum absolute atomic E-state index is 10.5. The molecule has 1 saturated heterocycles. The van der Waals surface area contributed by atoms with Gasteiger partial charge >= 0.3 is 0 Å². The van der Waals surface area contributed by atoms with Crippen LogP contribution in [0, 0.1) is 5.92 Å². The first-order valence-electron chi connectivity index (χ1n) is 6.21. The van der Waals surface area contributed by atoms with Gasteiger partial charge in [0, 0.05) is 12.1 Å². The molecule has 1 aromatic heterocycles. The van der Waals surface area contributed by atoms with E-state index in [-0.39, 0.29) is 0 Å².